The average molecular weight is 195 g/mol. The maximum Gasteiger partial charge on any atom is 0.164 e. The molecule has 0 aliphatic carbocycles. The largest absolute Gasteiger partial charge is 0.330 e. The molecule has 0 atom stereocenters. The first-order valence-electron chi connectivity index (χ1n) is 4.03. The number of hydrogen-bond donors (Lipinski definition) is 1. The van der Waals surface area contributed by atoms with Crippen LogP contribution in [0, 0.1) is 0 Å². The number of hydrogen-bond acceptors (Lipinski definition) is 3. The summed E-state index contributed by atoms with van der Waals surface area (Å²) in [6.07, 6.45) is 1.62. The van der Waals surface area contributed by atoms with Gasteiger partial charge in [-0.25, -0.2) is 8.42 Å². The van der Waals surface area contributed by atoms with E-state index >= 15 is 0 Å². The Balaban J connectivity index is 3.56. The Morgan fingerprint density at radius 2 is 2.09 bits per heavy atom. The summed E-state index contributed by atoms with van der Waals surface area (Å²) in [5.41, 5.74) is 5.26. The SMILES string of the molecule is CCCS(=O)(=O)[SiH2]CCCN. The zero-order valence-corrected chi connectivity index (χ0v) is 9.28. The molecular weight excluding hydrogens is 178 g/mol. The van der Waals surface area contributed by atoms with Gasteiger partial charge in [0, 0.05) is 5.75 Å². The van der Waals surface area contributed by atoms with Crippen LogP contribution in [0.25, 0.3) is 0 Å². The molecule has 0 saturated heterocycles. The average Bonchev–Trinajstić information content (AvgIpc) is 1.87. The van der Waals surface area contributed by atoms with Crippen LogP contribution >= 0.6 is 0 Å². The summed E-state index contributed by atoms with van der Waals surface area (Å²) >= 11 is 0. The molecule has 0 aliphatic heterocycles. The van der Waals surface area contributed by atoms with Crippen LogP contribution in [0.1, 0.15) is 19.8 Å². The van der Waals surface area contributed by atoms with Crippen LogP contribution in [-0.2, 0) is 9.29 Å². The van der Waals surface area contributed by atoms with Crippen molar-refractivity contribution < 1.29 is 8.42 Å². The molecule has 0 amide bonds. The highest BCUT2D eigenvalue weighted by molar-refractivity contribution is 8.15. The van der Waals surface area contributed by atoms with Crippen molar-refractivity contribution in [3.05, 3.63) is 0 Å². The third-order valence-corrected chi connectivity index (χ3v) is 7.46. The van der Waals surface area contributed by atoms with Gasteiger partial charge in [-0.1, -0.05) is 6.92 Å². The Kier molecular flexibility index (Phi) is 5.80. The monoisotopic (exact) mass is 195 g/mol. The van der Waals surface area contributed by atoms with Crippen molar-refractivity contribution in [3.8, 4) is 0 Å². The predicted octanol–water partition coefficient (Wildman–Crippen LogP) is -0.338. The van der Waals surface area contributed by atoms with E-state index in [1.807, 2.05) is 6.92 Å². The van der Waals surface area contributed by atoms with Crippen LogP contribution in [0.4, 0.5) is 0 Å². The van der Waals surface area contributed by atoms with Crippen molar-refractivity contribution >= 4 is 18.0 Å². The molecule has 0 spiro atoms. The van der Waals surface area contributed by atoms with E-state index < -0.39 is 18.0 Å². The Bertz CT molecular complexity index is 179. The lowest BCUT2D eigenvalue weighted by atomic mass is 10.5. The lowest BCUT2D eigenvalue weighted by molar-refractivity contribution is 0.607. The summed E-state index contributed by atoms with van der Waals surface area (Å²) in [7, 11) is -3.51. The topological polar surface area (TPSA) is 60.2 Å². The van der Waals surface area contributed by atoms with Gasteiger partial charge < -0.3 is 5.73 Å². The molecule has 0 bridgehead atoms. The third-order valence-electron chi connectivity index (χ3n) is 1.42. The first-order valence-corrected chi connectivity index (χ1v) is 8.58. The van der Waals surface area contributed by atoms with Gasteiger partial charge in [0.25, 0.3) is 0 Å². The van der Waals surface area contributed by atoms with E-state index in [1.165, 1.54) is 0 Å². The fourth-order valence-electron chi connectivity index (χ4n) is 0.879. The minimum atomic E-state index is -2.62. The lowest BCUT2D eigenvalue weighted by Crippen LogP contribution is -2.14. The quantitative estimate of drug-likeness (QED) is 0.466. The van der Waals surface area contributed by atoms with Gasteiger partial charge >= 0.3 is 0 Å². The van der Waals surface area contributed by atoms with Crippen LogP contribution in [0.15, 0.2) is 0 Å². The van der Waals surface area contributed by atoms with Crippen molar-refractivity contribution in [3.63, 3.8) is 0 Å². The lowest BCUT2D eigenvalue weighted by Gasteiger charge is -1.99. The molecule has 0 fully saturated rings. The third kappa shape index (κ3) is 6.52. The first-order chi connectivity index (χ1) is 5.12. The molecule has 5 heteroatoms. The number of rotatable bonds is 6. The zero-order valence-electron chi connectivity index (χ0n) is 7.04. The van der Waals surface area contributed by atoms with Gasteiger partial charge in [0.15, 0.2) is 8.67 Å². The van der Waals surface area contributed by atoms with Gasteiger partial charge in [0.1, 0.15) is 9.29 Å². The molecule has 11 heavy (non-hydrogen) atoms. The second-order valence-electron chi connectivity index (χ2n) is 2.65. The van der Waals surface area contributed by atoms with Crippen molar-refractivity contribution in [2.24, 2.45) is 5.73 Å². The molecule has 0 aliphatic rings. The van der Waals surface area contributed by atoms with Crippen LogP contribution in [0.5, 0.6) is 0 Å². The van der Waals surface area contributed by atoms with Crippen molar-refractivity contribution in [1.29, 1.82) is 0 Å². The Morgan fingerprint density at radius 3 is 2.55 bits per heavy atom. The molecule has 0 saturated carbocycles. The van der Waals surface area contributed by atoms with E-state index in [1.54, 1.807) is 0 Å². The Hall–Kier alpha value is 0.127. The zero-order chi connectivity index (χ0) is 8.74. The smallest absolute Gasteiger partial charge is 0.164 e. The Labute approximate surface area is 70.7 Å². The van der Waals surface area contributed by atoms with Gasteiger partial charge in [-0.3, -0.25) is 0 Å². The second kappa shape index (κ2) is 5.74. The first kappa shape index (κ1) is 11.1. The van der Waals surface area contributed by atoms with Crippen LogP contribution < -0.4 is 5.73 Å². The molecule has 0 aromatic heterocycles. The second-order valence-corrected chi connectivity index (χ2v) is 9.52. The number of nitrogens with two attached hydrogens (primary N) is 1. The van der Waals surface area contributed by atoms with Crippen molar-refractivity contribution in [2.75, 3.05) is 12.3 Å². The predicted molar refractivity (Wildman–Crippen MR) is 51.1 cm³/mol. The summed E-state index contributed by atoms with van der Waals surface area (Å²) in [5, 5.41) is 0. The highest BCUT2D eigenvalue weighted by atomic mass is 32.4. The minimum absolute atomic E-state index is 0.379. The van der Waals surface area contributed by atoms with Gasteiger partial charge in [-0.2, -0.15) is 0 Å². The van der Waals surface area contributed by atoms with E-state index in [0.717, 1.165) is 18.9 Å². The van der Waals surface area contributed by atoms with Gasteiger partial charge in [0.05, 0.1) is 0 Å². The molecule has 0 aromatic carbocycles. The Morgan fingerprint density at radius 1 is 1.45 bits per heavy atom. The summed E-state index contributed by atoms with van der Waals surface area (Å²) in [6, 6.07) is 0.846. The molecule has 0 unspecified atom stereocenters. The molecule has 0 aromatic rings. The normalized spacial score (nSPS) is 12.9. The molecule has 0 heterocycles. The van der Waals surface area contributed by atoms with Crippen LogP contribution in [0.3, 0.4) is 0 Å². The molecule has 0 rings (SSSR count). The molecule has 3 nitrogen and oxygen atoms in total. The minimum Gasteiger partial charge on any atom is -0.330 e. The molecule has 2 N–H and O–H groups in total. The fourth-order valence-corrected chi connectivity index (χ4v) is 6.05. The summed E-state index contributed by atoms with van der Waals surface area (Å²) in [5.74, 6) is 0.379. The van der Waals surface area contributed by atoms with E-state index in [-0.39, 0.29) is 0 Å². The molecular formula is C6H17NO2SSi. The maximum atomic E-state index is 11.1. The molecule has 0 radical (unpaired) electrons. The van der Waals surface area contributed by atoms with Crippen molar-refractivity contribution in [1.82, 2.24) is 0 Å². The summed E-state index contributed by atoms with van der Waals surface area (Å²) in [6.45, 7) is 2.52. The standard InChI is InChI=1S/C6H17NO2SSi/c1-2-5-10(8,9)11-6-3-4-7/h2-7,11H2,1H3. The van der Waals surface area contributed by atoms with Crippen molar-refractivity contribution in [2.45, 2.75) is 25.8 Å². The van der Waals surface area contributed by atoms with Gasteiger partial charge in [0.2, 0.25) is 0 Å². The summed E-state index contributed by atoms with van der Waals surface area (Å²) in [4.78, 5) is 0. The maximum absolute atomic E-state index is 11.1. The van der Waals surface area contributed by atoms with Crippen LogP contribution in [0.2, 0.25) is 6.04 Å². The molecule has 68 valence electrons. The van der Waals surface area contributed by atoms with E-state index in [4.69, 9.17) is 5.73 Å². The highest BCUT2D eigenvalue weighted by Crippen LogP contribution is 1.96. The van der Waals surface area contributed by atoms with Crippen LogP contribution in [-0.4, -0.2) is 29.4 Å². The van der Waals surface area contributed by atoms with E-state index in [9.17, 15) is 8.42 Å². The fraction of sp³-hybridized carbons (Fsp3) is 1.00. The summed E-state index contributed by atoms with van der Waals surface area (Å²) < 4.78 is 22.3. The van der Waals surface area contributed by atoms with E-state index in [0.29, 0.717) is 12.3 Å². The van der Waals surface area contributed by atoms with Gasteiger partial charge in [-0.05, 0) is 25.4 Å². The van der Waals surface area contributed by atoms with Gasteiger partial charge in [-0.15, -0.1) is 0 Å². The van der Waals surface area contributed by atoms with E-state index in [2.05, 4.69) is 0 Å². The highest BCUT2D eigenvalue weighted by Gasteiger charge is 2.08.